The Morgan fingerprint density at radius 2 is 1.32 bits per heavy atom. The van der Waals surface area contributed by atoms with Crippen LogP contribution in [-0.2, 0) is 0 Å². The van der Waals surface area contributed by atoms with Gasteiger partial charge >= 0.3 is 0 Å². The van der Waals surface area contributed by atoms with E-state index in [0.29, 0.717) is 32.7 Å². The van der Waals surface area contributed by atoms with Gasteiger partial charge in [0.15, 0.2) is 0 Å². The summed E-state index contributed by atoms with van der Waals surface area (Å²) < 4.78 is 10.8. The van der Waals surface area contributed by atoms with Gasteiger partial charge in [-0.1, -0.05) is 23.2 Å². The van der Waals surface area contributed by atoms with Gasteiger partial charge in [-0.05, 0) is 36.4 Å². The molecule has 0 atom stereocenters. The minimum atomic E-state index is -0.227. The van der Waals surface area contributed by atoms with Crippen LogP contribution < -0.4 is 9.47 Å². The molecule has 1 aliphatic heterocycles. The van der Waals surface area contributed by atoms with Gasteiger partial charge in [-0.3, -0.25) is 4.79 Å². The Bertz CT molecular complexity index is 612. The van der Waals surface area contributed by atoms with E-state index in [1.165, 1.54) is 0 Å². The van der Waals surface area contributed by atoms with E-state index in [4.69, 9.17) is 32.7 Å². The quantitative estimate of drug-likeness (QED) is 0.738. The Morgan fingerprint density at radius 3 is 1.79 bits per heavy atom. The summed E-state index contributed by atoms with van der Waals surface area (Å²) in [6.07, 6.45) is 0. The Labute approximate surface area is 119 Å². The Balaban J connectivity index is 2.20. The highest BCUT2D eigenvalue weighted by Gasteiger charge is 2.22. The maximum atomic E-state index is 12.5. The molecule has 1 aliphatic rings. The van der Waals surface area contributed by atoms with Gasteiger partial charge in [-0.25, -0.2) is 0 Å². The number of hydrogen-bond donors (Lipinski definition) is 0. The van der Waals surface area contributed by atoms with Crippen LogP contribution in [0, 0.1) is 0 Å². The lowest BCUT2D eigenvalue weighted by atomic mass is 10.0. The maximum Gasteiger partial charge on any atom is 0.230 e. The van der Waals surface area contributed by atoms with Crippen molar-refractivity contribution in [3.05, 3.63) is 57.6 Å². The molecule has 0 amide bonds. The zero-order valence-corrected chi connectivity index (χ0v) is 11.2. The van der Waals surface area contributed by atoms with Crippen LogP contribution in [-0.4, -0.2) is 12.6 Å². The van der Waals surface area contributed by atoms with E-state index in [9.17, 15) is 4.79 Å². The second kappa shape index (κ2) is 4.76. The van der Waals surface area contributed by atoms with Crippen LogP contribution in [0.15, 0.2) is 36.4 Å². The molecule has 0 spiro atoms. The first-order valence-electron chi connectivity index (χ1n) is 5.54. The molecule has 0 radical (unpaired) electrons. The first-order chi connectivity index (χ1) is 9.15. The minimum absolute atomic E-state index is 0.0243. The number of ketones is 1. The number of ether oxygens (including phenoxy) is 2. The second-order valence-electron chi connectivity index (χ2n) is 4.02. The highest BCUT2D eigenvalue weighted by atomic mass is 35.5. The van der Waals surface area contributed by atoms with Crippen molar-refractivity contribution in [3.63, 3.8) is 0 Å². The molecule has 0 aromatic heterocycles. The molecule has 5 heteroatoms. The molecule has 2 aromatic rings. The fourth-order valence-corrected chi connectivity index (χ4v) is 2.26. The summed E-state index contributed by atoms with van der Waals surface area (Å²) in [6, 6.07) is 9.77. The smallest absolute Gasteiger partial charge is 0.230 e. The standard InChI is InChI=1S/C14H8Cl2O3/c15-8-1-3-12-10(5-8)14(17)11-6-9(16)2-4-13(11)19-7-18-12/h1-6H,7H2. The summed E-state index contributed by atoms with van der Waals surface area (Å²) >= 11 is 11.9. The monoisotopic (exact) mass is 294 g/mol. The van der Waals surface area contributed by atoms with Gasteiger partial charge in [0, 0.05) is 10.0 Å². The molecule has 0 saturated carbocycles. The second-order valence-corrected chi connectivity index (χ2v) is 4.89. The third kappa shape index (κ3) is 2.27. The predicted octanol–water partition coefficient (Wildman–Crippen LogP) is 3.95. The van der Waals surface area contributed by atoms with Gasteiger partial charge in [-0.2, -0.15) is 0 Å². The molecule has 0 N–H and O–H groups in total. The highest BCUT2D eigenvalue weighted by molar-refractivity contribution is 6.32. The number of fused-ring (bicyclic) bond motifs is 2. The van der Waals surface area contributed by atoms with Gasteiger partial charge in [0.25, 0.3) is 0 Å². The summed E-state index contributed by atoms with van der Waals surface area (Å²) in [5.74, 6) is 0.662. The number of carbonyl (C=O) groups is 1. The zero-order chi connectivity index (χ0) is 13.4. The van der Waals surface area contributed by atoms with Crippen molar-refractivity contribution in [2.45, 2.75) is 0 Å². The maximum absolute atomic E-state index is 12.5. The van der Waals surface area contributed by atoms with Crippen LogP contribution in [0.1, 0.15) is 15.9 Å². The normalized spacial score (nSPS) is 13.5. The molecule has 0 aliphatic carbocycles. The molecule has 0 saturated heterocycles. The van der Waals surface area contributed by atoms with E-state index in [1.54, 1.807) is 36.4 Å². The van der Waals surface area contributed by atoms with E-state index in [1.807, 2.05) is 0 Å². The molecule has 0 unspecified atom stereocenters. The summed E-state index contributed by atoms with van der Waals surface area (Å²) in [5, 5.41) is 0.946. The van der Waals surface area contributed by atoms with Crippen molar-refractivity contribution < 1.29 is 14.3 Å². The topological polar surface area (TPSA) is 35.5 Å². The number of rotatable bonds is 0. The lowest BCUT2D eigenvalue weighted by Gasteiger charge is -2.18. The van der Waals surface area contributed by atoms with Crippen LogP contribution in [0.25, 0.3) is 0 Å². The van der Waals surface area contributed by atoms with Gasteiger partial charge in [0.05, 0.1) is 11.1 Å². The van der Waals surface area contributed by atoms with E-state index < -0.39 is 0 Å². The van der Waals surface area contributed by atoms with Crippen molar-refractivity contribution in [2.75, 3.05) is 6.79 Å². The van der Waals surface area contributed by atoms with E-state index in [0.717, 1.165) is 0 Å². The van der Waals surface area contributed by atoms with Gasteiger partial charge in [0.1, 0.15) is 11.5 Å². The predicted molar refractivity (Wildman–Crippen MR) is 72.5 cm³/mol. The highest BCUT2D eigenvalue weighted by Crippen LogP contribution is 2.32. The molecule has 2 aromatic carbocycles. The van der Waals surface area contributed by atoms with Crippen LogP contribution in [0.2, 0.25) is 10.0 Å². The number of hydrogen-bond acceptors (Lipinski definition) is 3. The van der Waals surface area contributed by atoms with Crippen molar-refractivity contribution in [1.82, 2.24) is 0 Å². The molecule has 0 fully saturated rings. The molecule has 0 bridgehead atoms. The Morgan fingerprint density at radius 1 is 0.842 bits per heavy atom. The molecule has 1 heterocycles. The summed E-state index contributed by atoms with van der Waals surface area (Å²) in [5.41, 5.74) is 0.804. The van der Waals surface area contributed by atoms with Crippen molar-refractivity contribution in [2.24, 2.45) is 0 Å². The Hall–Kier alpha value is -1.71. The lowest BCUT2D eigenvalue weighted by Crippen LogP contribution is -2.15. The fourth-order valence-electron chi connectivity index (χ4n) is 1.91. The average molecular weight is 295 g/mol. The Kier molecular flexibility index (Phi) is 3.09. The number of benzene rings is 2. The summed E-state index contributed by atoms with van der Waals surface area (Å²) in [4.78, 5) is 12.5. The fraction of sp³-hybridized carbons (Fsp3) is 0.0714. The van der Waals surface area contributed by atoms with Gasteiger partial charge in [-0.15, -0.1) is 0 Å². The third-order valence-electron chi connectivity index (χ3n) is 2.80. The van der Waals surface area contributed by atoms with Crippen molar-refractivity contribution >= 4 is 29.0 Å². The van der Waals surface area contributed by atoms with Crippen molar-refractivity contribution in [3.8, 4) is 11.5 Å². The molecule has 19 heavy (non-hydrogen) atoms. The first kappa shape index (κ1) is 12.3. The molecule has 3 rings (SSSR count). The number of carbonyl (C=O) groups excluding carboxylic acids is 1. The van der Waals surface area contributed by atoms with Crippen LogP contribution >= 0.6 is 23.2 Å². The molecule has 96 valence electrons. The zero-order valence-electron chi connectivity index (χ0n) is 9.65. The van der Waals surface area contributed by atoms with Crippen molar-refractivity contribution in [1.29, 1.82) is 0 Å². The molecular weight excluding hydrogens is 287 g/mol. The SMILES string of the molecule is O=C1c2cc(Cl)ccc2OCOc2ccc(Cl)cc21. The van der Waals surface area contributed by atoms with Crippen LogP contribution in [0.3, 0.4) is 0 Å². The minimum Gasteiger partial charge on any atom is -0.457 e. The van der Waals surface area contributed by atoms with Gasteiger partial charge < -0.3 is 9.47 Å². The van der Waals surface area contributed by atoms with E-state index in [-0.39, 0.29) is 12.6 Å². The van der Waals surface area contributed by atoms with E-state index >= 15 is 0 Å². The molecular formula is C14H8Cl2O3. The summed E-state index contributed by atoms with van der Waals surface area (Å²) in [7, 11) is 0. The number of halogens is 2. The summed E-state index contributed by atoms with van der Waals surface area (Å²) in [6.45, 7) is 0.0243. The lowest BCUT2D eigenvalue weighted by molar-refractivity contribution is 0.0946. The van der Waals surface area contributed by atoms with Gasteiger partial charge in [0.2, 0.25) is 12.6 Å². The first-order valence-corrected chi connectivity index (χ1v) is 6.30. The molecule has 3 nitrogen and oxygen atoms in total. The van der Waals surface area contributed by atoms with Crippen LogP contribution in [0.4, 0.5) is 0 Å². The third-order valence-corrected chi connectivity index (χ3v) is 3.27. The van der Waals surface area contributed by atoms with E-state index in [2.05, 4.69) is 0 Å². The van der Waals surface area contributed by atoms with Crippen LogP contribution in [0.5, 0.6) is 11.5 Å². The largest absolute Gasteiger partial charge is 0.457 e. The average Bonchev–Trinajstić information content (AvgIpc) is 2.39.